The monoisotopic (exact) mass is 380 g/mol. The fourth-order valence-electron chi connectivity index (χ4n) is 4.28. The smallest absolute Gasteiger partial charge is 0.224 e. The van der Waals surface area contributed by atoms with Crippen molar-refractivity contribution in [3.8, 4) is 0 Å². The Hall–Kier alpha value is -2.21. The number of hydrogen-bond donors (Lipinski definition) is 1. The van der Waals surface area contributed by atoms with Gasteiger partial charge in [0, 0.05) is 44.6 Å². The third-order valence-corrected chi connectivity index (χ3v) is 5.77. The highest BCUT2D eigenvalue weighted by Crippen LogP contribution is 2.20. The van der Waals surface area contributed by atoms with Gasteiger partial charge in [-0.1, -0.05) is 25.3 Å². The number of likely N-dealkylation sites (tertiary alicyclic amines) is 1. The Morgan fingerprint density at radius 2 is 1.75 bits per heavy atom. The van der Waals surface area contributed by atoms with Gasteiger partial charge in [0.25, 0.3) is 0 Å². The van der Waals surface area contributed by atoms with Gasteiger partial charge >= 0.3 is 0 Å². The van der Waals surface area contributed by atoms with Crippen LogP contribution in [0.3, 0.4) is 0 Å². The summed E-state index contributed by atoms with van der Waals surface area (Å²) in [5.41, 5.74) is 1.14. The molecule has 0 saturated carbocycles. The number of aromatic nitrogens is 3. The lowest BCUT2D eigenvalue weighted by Gasteiger charge is -2.25. The molecule has 1 atom stereocenters. The van der Waals surface area contributed by atoms with E-state index in [1.807, 2.05) is 18.5 Å². The van der Waals surface area contributed by atoms with E-state index in [9.17, 15) is 0 Å². The fraction of sp³-hybridized carbons (Fsp3) is 0.591. The van der Waals surface area contributed by atoms with Crippen molar-refractivity contribution in [3.63, 3.8) is 0 Å². The molecule has 0 aromatic carbocycles. The number of rotatable bonds is 5. The van der Waals surface area contributed by atoms with E-state index in [-0.39, 0.29) is 0 Å². The van der Waals surface area contributed by atoms with Gasteiger partial charge in [-0.15, -0.1) is 0 Å². The van der Waals surface area contributed by atoms with Gasteiger partial charge in [-0.2, -0.15) is 4.98 Å². The first-order valence-electron chi connectivity index (χ1n) is 10.8. The highest BCUT2D eigenvalue weighted by atomic mass is 15.2. The zero-order valence-corrected chi connectivity index (χ0v) is 16.8. The van der Waals surface area contributed by atoms with Crippen LogP contribution < -0.4 is 10.2 Å². The Morgan fingerprint density at radius 1 is 0.893 bits per heavy atom. The topological polar surface area (TPSA) is 57.2 Å². The van der Waals surface area contributed by atoms with E-state index < -0.39 is 0 Å². The summed E-state index contributed by atoms with van der Waals surface area (Å²) >= 11 is 0. The summed E-state index contributed by atoms with van der Waals surface area (Å²) in [7, 11) is 0. The highest BCUT2D eigenvalue weighted by Gasteiger charge is 2.20. The lowest BCUT2D eigenvalue weighted by atomic mass is 10.1. The molecule has 2 fully saturated rings. The molecule has 2 aromatic heterocycles. The maximum Gasteiger partial charge on any atom is 0.224 e. The van der Waals surface area contributed by atoms with Crippen LogP contribution in [-0.4, -0.2) is 52.1 Å². The molecule has 1 N–H and O–H groups in total. The molecule has 2 aliphatic heterocycles. The second-order valence-corrected chi connectivity index (χ2v) is 8.03. The van der Waals surface area contributed by atoms with Crippen molar-refractivity contribution in [2.75, 3.05) is 36.4 Å². The van der Waals surface area contributed by atoms with Gasteiger partial charge in [0.1, 0.15) is 5.82 Å². The molecule has 2 aliphatic rings. The number of nitrogens with zero attached hydrogens (tertiary/aromatic N) is 5. The minimum absolute atomic E-state index is 0.380. The predicted molar refractivity (Wildman–Crippen MR) is 113 cm³/mol. The first-order valence-corrected chi connectivity index (χ1v) is 10.8. The van der Waals surface area contributed by atoms with Gasteiger partial charge < -0.3 is 10.2 Å². The van der Waals surface area contributed by atoms with Crippen LogP contribution in [-0.2, 0) is 6.54 Å². The molecule has 2 aromatic rings. The van der Waals surface area contributed by atoms with Gasteiger partial charge in [-0.25, -0.2) is 4.98 Å². The van der Waals surface area contributed by atoms with Crippen molar-refractivity contribution in [1.29, 1.82) is 0 Å². The molecule has 2 saturated heterocycles. The average Bonchev–Trinajstić information content (AvgIpc) is 3.12. The molecule has 0 spiro atoms. The number of pyridine rings is 1. The van der Waals surface area contributed by atoms with Crippen molar-refractivity contribution in [1.82, 2.24) is 19.9 Å². The molecular formula is C22H32N6. The molecule has 0 amide bonds. The summed E-state index contributed by atoms with van der Waals surface area (Å²) in [6.07, 6.45) is 12.6. The van der Waals surface area contributed by atoms with E-state index >= 15 is 0 Å². The molecule has 150 valence electrons. The molecule has 4 rings (SSSR count). The van der Waals surface area contributed by atoms with E-state index in [0.29, 0.717) is 6.04 Å². The molecular weight excluding hydrogens is 348 g/mol. The van der Waals surface area contributed by atoms with Crippen molar-refractivity contribution in [2.24, 2.45) is 0 Å². The molecule has 6 heteroatoms. The number of hydrogen-bond acceptors (Lipinski definition) is 6. The number of nitrogens with one attached hydrogen (secondary N) is 1. The Bertz CT molecular complexity index is 714. The minimum atomic E-state index is 0.380. The van der Waals surface area contributed by atoms with Gasteiger partial charge in [0.15, 0.2) is 0 Å². The Kier molecular flexibility index (Phi) is 6.71. The van der Waals surface area contributed by atoms with Crippen molar-refractivity contribution >= 4 is 11.8 Å². The maximum absolute atomic E-state index is 4.84. The third kappa shape index (κ3) is 5.41. The van der Waals surface area contributed by atoms with Crippen LogP contribution in [0.2, 0.25) is 0 Å². The Labute approximate surface area is 168 Å². The summed E-state index contributed by atoms with van der Waals surface area (Å²) in [6.45, 7) is 5.26. The van der Waals surface area contributed by atoms with Crippen LogP contribution in [0.15, 0.2) is 36.7 Å². The summed E-state index contributed by atoms with van der Waals surface area (Å²) in [4.78, 5) is 18.8. The molecule has 0 radical (unpaired) electrons. The second kappa shape index (κ2) is 9.82. The van der Waals surface area contributed by atoms with Crippen LogP contribution in [0.25, 0.3) is 0 Å². The summed E-state index contributed by atoms with van der Waals surface area (Å²) < 4.78 is 0. The Morgan fingerprint density at radius 3 is 2.57 bits per heavy atom. The van der Waals surface area contributed by atoms with Gasteiger partial charge in [-0.3, -0.25) is 9.88 Å². The molecule has 28 heavy (non-hydrogen) atoms. The third-order valence-electron chi connectivity index (χ3n) is 5.77. The maximum atomic E-state index is 4.84. The molecule has 0 aliphatic carbocycles. The normalized spacial score (nSPS) is 21.7. The van der Waals surface area contributed by atoms with E-state index in [4.69, 9.17) is 4.98 Å². The number of anilines is 2. The molecule has 0 bridgehead atoms. The van der Waals surface area contributed by atoms with Crippen LogP contribution in [0.1, 0.15) is 50.6 Å². The molecule has 4 heterocycles. The highest BCUT2D eigenvalue weighted by molar-refractivity contribution is 5.43. The summed E-state index contributed by atoms with van der Waals surface area (Å²) in [5, 5.41) is 3.62. The van der Waals surface area contributed by atoms with Crippen molar-refractivity contribution in [3.05, 3.63) is 42.4 Å². The zero-order valence-electron chi connectivity index (χ0n) is 16.8. The van der Waals surface area contributed by atoms with Gasteiger partial charge in [0.2, 0.25) is 5.95 Å². The first kappa shape index (κ1) is 19.1. The van der Waals surface area contributed by atoms with E-state index in [2.05, 4.69) is 43.3 Å². The summed E-state index contributed by atoms with van der Waals surface area (Å²) in [5.74, 6) is 1.84. The minimum Gasteiger partial charge on any atom is -0.356 e. The Balaban J connectivity index is 1.39. The first-order chi connectivity index (χ1) is 13.9. The average molecular weight is 381 g/mol. The lowest BCUT2D eigenvalue weighted by molar-refractivity contribution is 0.266. The zero-order chi connectivity index (χ0) is 19.0. The standard InChI is InChI=1S/C22H32N6/c1-2-7-16-28(15-6-1)21-11-13-24-22(26-21)25-20-10-4-8-14-27(18-20)17-19-9-3-5-12-23-19/h3,5,9,11-13,20H,1-2,4,6-8,10,14-18H2,(H,24,25,26)/t20-/m1/s1. The van der Waals surface area contributed by atoms with Crippen LogP contribution in [0.5, 0.6) is 0 Å². The van der Waals surface area contributed by atoms with Crippen LogP contribution in [0.4, 0.5) is 11.8 Å². The quantitative estimate of drug-likeness (QED) is 0.853. The van der Waals surface area contributed by atoms with E-state index in [1.54, 1.807) is 0 Å². The lowest BCUT2D eigenvalue weighted by Crippen LogP contribution is -2.35. The second-order valence-electron chi connectivity index (χ2n) is 8.03. The predicted octanol–water partition coefficient (Wildman–Crippen LogP) is 3.72. The van der Waals surface area contributed by atoms with Crippen LogP contribution >= 0.6 is 0 Å². The summed E-state index contributed by atoms with van der Waals surface area (Å²) in [6, 6.07) is 8.59. The van der Waals surface area contributed by atoms with Gasteiger partial charge in [-0.05, 0) is 50.4 Å². The van der Waals surface area contributed by atoms with Crippen molar-refractivity contribution < 1.29 is 0 Å². The fourth-order valence-corrected chi connectivity index (χ4v) is 4.28. The molecule has 6 nitrogen and oxygen atoms in total. The van der Waals surface area contributed by atoms with E-state index in [0.717, 1.165) is 56.6 Å². The molecule has 0 unspecified atom stereocenters. The van der Waals surface area contributed by atoms with Gasteiger partial charge in [0.05, 0.1) is 5.69 Å². The van der Waals surface area contributed by atoms with Crippen LogP contribution in [0, 0.1) is 0 Å². The van der Waals surface area contributed by atoms with Crippen molar-refractivity contribution in [2.45, 2.75) is 57.5 Å². The SMILES string of the molecule is c1ccc(CN2CCCC[C@@H](Nc3nccc(N4CCCCCC4)n3)C2)nc1. The largest absolute Gasteiger partial charge is 0.356 e. The van der Waals surface area contributed by atoms with E-state index in [1.165, 1.54) is 38.5 Å².